The van der Waals surface area contributed by atoms with Crippen molar-refractivity contribution in [1.82, 2.24) is 24.5 Å². The SMILES string of the molecule is CCCCC(=O)c1cc2ccccc2[nH]1.CCCN.COc1cc(C#N)c(N=C=S)cc1OC.COc1cc2nc(=S)n(CCCC(=O)c3cc4ccccc4[nH]3)c(N)c2cc1OC.O=C(Cl)c1cc2ccccc2[nH]1. The number of H-pyrrole nitrogens is 3. The highest BCUT2D eigenvalue weighted by molar-refractivity contribution is 7.78. The summed E-state index contributed by atoms with van der Waals surface area (Å²) in [6, 6.07) is 37.7. The number of aromatic amines is 3. The highest BCUT2D eigenvalue weighted by Gasteiger charge is 2.15. The van der Waals surface area contributed by atoms with Gasteiger partial charge in [-0.2, -0.15) is 10.3 Å². The number of methoxy groups -OCH3 is 4. The molecule has 0 aliphatic heterocycles. The number of fused-ring (bicyclic) bond motifs is 4. The van der Waals surface area contributed by atoms with Crippen molar-refractivity contribution in [3.63, 3.8) is 0 Å². The number of unbranched alkanes of at least 4 members (excludes halogenated alkanes) is 1. The van der Waals surface area contributed by atoms with Gasteiger partial charge < -0.3 is 49.9 Å². The largest absolute Gasteiger partial charge is 0.493 e. The van der Waals surface area contributed by atoms with Gasteiger partial charge in [-0.05, 0) is 104 Å². The Kier molecular flexibility index (Phi) is 22.9. The summed E-state index contributed by atoms with van der Waals surface area (Å²) in [4.78, 5) is 52.6. The molecule has 19 heteroatoms. The van der Waals surface area contributed by atoms with E-state index in [-0.39, 0.29) is 11.6 Å². The lowest BCUT2D eigenvalue weighted by Crippen LogP contribution is -2.11. The van der Waals surface area contributed by atoms with Gasteiger partial charge >= 0.3 is 0 Å². The van der Waals surface area contributed by atoms with Crippen LogP contribution in [0.2, 0.25) is 0 Å². The van der Waals surface area contributed by atoms with Crippen LogP contribution in [-0.4, -0.2) is 81.5 Å². The molecule has 394 valence electrons. The lowest BCUT2D eigenvalue weighted by Gasteiger charge is -2.15. The van der Waals surface area contributed by atoms with Crippen molar-refractivity contribution in [2.24, 2.45) is 10.7 Å². The van der Waals surface area contributed by atoms with Gasteiger partial charge in [-0.3, -0.25) is 14.4 Å². The predicted molar refractivity (Wildman–Crippen MR) is 309 cm³/mol. The zero-order valence-electron chi connectivity index (χ0n) is 43.1. The topological polar surface area (TPSA) is 242 Å². The molecule has 0 spiro atoms. The number of thiocarbonyl (C=S) groups is 1. The zero-order chi connectivity index (χ0) is 55.1. The van der Waals surface area contributed by atoms with E-state index in [0.717, 1.165) is 69.6 Å². The first kappa shape index (κ1) is 58.7. The van der Waals surface area contributed by atoms with Crippen LogP contribution >= 0.6 is 36.0 Å². The van der Waals surface area contributed by atoms with Gasteiger partial charge in [0.05, 0.1) is 67.4 Å². The van der Waals surface area contributed by atoms with Gasteiger partial charge in [0.15, 0.2) is 34.6 Å². The molecule has 5 aromatic carbocycles. The van der Waals surface area contributed by atoms with Gasteiger partial charge in [0, 0.05) is 75.7 Å². The maximum Gasteiger partial charge on any atom is 0.268 e. The number of nitriles is 1. The van der Waals surface area contributed by atoms with Gasteiger partial charge in [-0.1, -0.05) is 74.9 Å². The van der Waals surface area contributed by atoms with Gasteiger partial charge in [0.1, 0.15) is 11.9 Å². The minimum atomic E-state index is -0.453. The number of ether oxygens (including phenoxy) is 4. The number of para-hydroxylation sites is 3. The Morgan fingerprint density at radius 3 is 1.58 bits per heavy atom. The minimum Gasteiger partial charge on any atom is -0.493 e. The number of aliphatic imine (C=N–C) groups is 1. The average molecular weight is 1080 g/mol. The van der Waals surface area contributed by atoms with Gasteiger partial charge in [-0.25, -0.2) is 4.98 Å². The first-order valence-corrected chi connectivity index (χ1v) is 25.3. The number of aromatic nitrogens is 5. The second kappa shape index (κ2) is 29.7. The number of nitrogens with one attached hydrogen (secondary N) is 3. The molecule has 0 aliphatic carbocycles. The number of Topliss-reactive ketones (excluding diaryl/α,β-unsaturated/α-hetero) is 2. The summed E-state index contributed by atoms with van der Waals surface area (Å²) in [6.45, 7) is 5.46. The normalized spacial score (nSPS) is 10.2. The molecule has 0 aliphatic rings. The zero-order valence-corrected chi connectivity index (χ0v) is 45.5. The standard InChI is InChI=1S/C22H22N4O3S.C13H15NO.C10H8N2O2S.C9H6ClNO.C3H9N/c1-28-19-11-14-16(12-20(19)29-2)25-22(30)26(21(14)23)9-5-8-18(27)17-10-13-6-3-4-7-15(13)24-17;1-2-3-8-13(15)12-9-10-6-4-5-7-11(10)14-12;1-13-9-3-7(5-11)8(12-6-15)4-10(9)14-2;10-9(12)8-5-6-3-1-2-4-7(6)11-8;1-2-3-4/h3-4,6-7,10-12,24H,5,8-9,23H2,1-2H3;4-7,9,14H,2-3,8H2,1H3;3-4H,1-2H3;1-5,11H;2-4H2,1H3. The molecular weight excluding hydrogens is 1020 g/mol. The third-order valence-electron chi connectivity index (χ3n) is 11.5. The van der Waals surface area contributed by atoms with Gasteiger partial charge in [0.25, 0.3) is 5.24 Å². The molecule has 4 heterocycles. The number of carbonyl (C=O) groups is 3. The lowest BCUT2D eigenvalue weighted by atomic mass is 10.1. The predicted octanol–water partition coefficient (Wildman–Crippen LogP) is 13.3. The van der Waals surface area contributed by atoms with E-state index in [2.05, 4.69) is 56.2 Å². The molecule has 0 saturated carbocycles. The fourth-order valence-electron chi connectivity index (χ4n) is 7.52. The quantitative estimate of drug-likeness (QED) is 0.0262. The summed E-state index contributed by atoms with van der Waals surface area (Å²) in [6.07, 6.45) is 4.73. The number of nitrogens with zero attached hydrogens (tertiary/aromatic N) is 4. The van der Waals surface area contributed by atoms with Crippen molar-refractivity contribution in [2.75, 3.05) is 40.7 Å². The van der Waals surface area contributed by atoms with E-state index >= 15 is 0 Å². The molecule has 0 fully saturated rings. The highest BCUT2D eigenvalue weighted by Crippen LogP contribution is 2.35. The Hall–Kier alpha value is -8.17. The van der Waals surface area contributed by atoms with Crippen LogP contribution in [0.15, 0.2) is 120 Å². The van der Waals surface area contributed by atoms with Crippen molar-refractivity contribution in [3.8, 4) is 29.1 Å². The van der Waals surface area contributed by atoms with E-state index in [9.17, 15) is 14.4 Å². The number of isothiocyanates is 1. The number of rotatable bonds is 16. The second-order valence-corrected chi connectivity index (χ2v) is 17.5. The molecule has 0 saturated heterocycles. The van der Waals surface area contributed by atoms with Crippen molar-refractivity contribution in [1.29, 1.82) is 5.26 Å². The van der Waals surface area contributed by atoms with Crippen LogP contribution in [0.5, 0.6) is 23.0 Å². The fourth-order valence-corrected chi connectivity index (χ4v) is 8.01. The Balaban J connectivity index is 0.000000196. The van der Waals surface area contributed by atoms with E-state index in [1.54, 1.807) is 49.1 Å². The Morgan fingerprint density at radius 1 is 0.684 bits per heavy atom. The number of nitrogen functional groups attached to an aromatic ring is 1. The monoisotopic (exact) mass is 1080 g/mol. The summed E-state index contributed by atoms with van der Waals surface area (Å²) in [5.74, 6) is 2.87. The van der Waals surface area contributed by atoms with E-state index in [4.69, 9.17) is 59.5 Å². The van der Waals surface area contributed by atoms with Crippen LogP contribution in [0.4, 0.5) is 11.5 Å². The molecule has 0 unspecified atom stereocenters. The van der Waals surface area contributed by atoms with Crippen molar-refractivity contribution < 1.29 is 33.3 Å². The molecule has 4 aromatic heterocycles. The van der Waals surface area contributed by atoms with E-state index in [1.807, 2.05) is 91.0 Å². The van der Waals surface area contributed by atoms with Crippen LogP contribution in [0, 0.1) is 16.1 Å². The minimum absolute atomic E-state index is 0.0523. The molecule has 76 heavy (non-hydrogen) atoms. The van der Waals surface area contributed by atoms with Gasteiger partial charge in [0.2, 0.25) is 4.77 Å². The first-order chi connectivity index (χ1) is 36.8. The number of nitrogens with two attached hydrogens (primary N) is 2. The van der Waals surface area contributed by atoms with Crippen LogP contribution in [0.25, 0.3) is 43.6 Å². The average Bonchev–Trinajstić information content (AvgIpc) is 4.22. The highest BCUT2D eigenvalue weighted by atomic mass is 35.5. The summed E-state index contributed by atoms with van der Waals surface area (Å²) < 4.78 is 22.9. The van der Waals surface area contributed by atoms with Crippen LogP contribution in [0.1, 0.15) is 89.4 Å². The number of benzene rings is 5. The molecular formula is C57H60ClN9O7S2. The molecule has 0 atom stereocenters. The number of ketones is 2. The third kappa shape index (κ3) is 15.7. The molecule has 7 N–H and O–H groups in total. The molecule has 16 nitrogen and oxygen atoms in total. The van der Waals surface area contributed by atoms with E-state index in [1.165, 1.54) is 14.2 Å². The number of anilines is 1. The second-order valence-electron chi connectivity index (χ2n) is 16.6. The van der Waals surface area contributed by atoms with E-state index in [0.29, 0.717) is 87.5 Å². The van der Waals surface area contributed by atoms with Crippen molar-refractivity contribution >= 4 is 113 Å². The molecule has 9 aromatic rings. The van der Waals surface area contributed by atoms with Crippen LogP contribution in [-0.2, 0) is 6.54 Å². The molecule has 0 amide bonds. The van der Waals surface area contributed by atoms with Crippen molar-refractivity contribution in [3.05, 3.63) is 143 Å². The maximum atomic E-state index is 12.6. The Bertz CT molecular complexity index is 3490. The third-order valence-corrected chi connectivity index (χ3v) is 12.1. The van der Waals surface area contributed by atoms with Crippen molar-refractivity contribution in [2.45, 2.75) is 58.9 Å². The summed E-state index contributed by atoms with van der Waals surface area (Å²) in [5, 5.41) is 14.5. The van der Waals surface area contributed by atoms with Gasteiger partial charge in [-0.15, -0.1) is 0 Å². The number of halogens is 1. The van der Waals surface area contributed by atoms with E-state index < -0.39 is 5.24 Å². The molecule has 0 bridgehead atoms. The first-order valence-electron chi connectivity index (χ1n) is 24.1. The maximum absolute atomic E-state index is 12.6. The van der Waals surface area contributed by atoms with Crippen LogP contribution in [0.3, 0.4) is 0 Å². The fraction of sp³-hybridized carbons (Fsp3) is 0.246. The smallest absolute Gasteiger partial charge is 0.268 e. The molecule has 9 rings (SSSR count). The Morgan fingerprint density at radius 2 is 1.13 bits per heavy atom. The Labute approximate surface area is 456 Å². The number of carbonyl (C=O) groups excluding carboxylic acids is 3. The molecule has 0 radical (unpaired) electrons. The summed E-state index contributed by atoms with van der Waals surface area (Å²) in [5.41, 5.74) is 17.6. The lowest BCUT2D eigenvalue weighted by molar-refractivity contribution is 0.0967. The number of hydrogen-bond acceptors (Lipinski definition) is 14. The summed E-state index contributed by atoms with van der Waals surface area (Å²) in [7, 11) is 6.14. The summed E-state index contributed by atoms with van der Waals surface area (Å²) >= 11 is 15.2. The van der Waals surface area contributed by atoms with Crippen LogP contribution < -0.4 is 30.4 Å². The number of hydrogen-bond donors (Lipinski definition) is 5.